The minimum Gasteiger partial charge on any atom is -0.390 e. The fourth-order valence-electron chi connectivity index (χ4n) is 6.73. The molecule has 2 aromatic rings. The van der Waals surface area contributed by atoms with Gasteiger partial charge in [0.2, 0.25) is 0 Å². The predicted octanol–water partition coefficient (Wildman–Crippen LogP) is 6.38. The van der Waals surface area contributed by atoms with Crippen molar-refractivity contribution in [2.24, 2.45) is 11.8 Å². The van der Waals surface area contributed by atoms with Crippen molar-refractivity contribution >= 4 is 5.78 Å². The summed E-state index contributed by atoms with van der Waals surface area (Å²) in [5, 5.41) is 11.4. The molecule has 0 radical (unpaired) electrons. The number of fused-ring (bicyclic) bond motifs is 3. The van der Waals surface area contributed by atoms with Crippen molar-refractivity contribution in [2.75, 3.05) is 0 Å². The first-order valence-electron chi connectivity index (χ1n) is 12.6. The van der Waals surface area contributed by atoms with Gasteiger partial charge in [-0.25, -0.2) is 0 Å². The number of hydrogen-bond acceptors (Lipinski definition) is 3. The van der Waals surface area contributed by atoms with Crippen molar-refractivity contribution in [2.45, 2.75) is 96.5 Å². The van der Waals surface area contributed by atoms with Gasteiger partial charge < -0.3 is 5.11 Å². The lowest BCUT2D eigenvalue weighted by Crippen LogP contribution is -2.48. The molecule has 1 aromatic heterocycles. The third-order valence-corrected chi connectivity index (χ3v) is 8.29. The van der Waals surface area contributed by atoms with Crippen molar-refractivity contribution in [3.63, 3.8) is 0 Å². The zero-order valence-corrected chi connectivity index (χ0v) is 20.3. The molecular formula is C29H39NO2. The second-order valence-corrected chi connectivity index (χ2v) is 10.8. The van der Waals surface area contributed by atoms with Gasteiger partial charge in [0, 0.05) is 23.9 Å². The number of carbonyl (C=O) groups is 1. The third kappa shape index (κ3) is 4.41. The Labute approximate surface area is 193 Å². The van der Waals surface area contributed by atoms with Gasteiger partial charge in [-0.3, -0.25) is 9.78 Å². The SMILES string of the molecule is CC[C@@]12CC[C@](O)(CC(C)C)C[C@@H]1CCCc1cc(C(=O)Cc3cccnc3C)ccc12. The van der Waals surface area contributed by atoms with E-state index in [2.05, 4.69) is 44.0 Å². The molecule has 0 bridgehead atoms. The molecule has 4 rings (SSSR count). The molecule has 0 unspecified atom stereocenters. The van der Waals surface area contributed by atoms with Crippen LogP contribution in [0, 0.1) is 18.8 Å². The normalized spacial score (nSPS) is 27.5. The van der Waals surface area contributed by atoms with E-state index in [0.29, 0.717) is 18.3 Å². The third-order valence-electron chi connectivity index (χ3n) is 8.29. The molecule has 0 amide bonds. The van der Waals surface area contributed by atoms with E-state index >= 15 is 0 Å². The lowest BCUT2D eigenvalue weighted by atomic mass is 9.56. The highest BCUT2D eigenvalue weighted by Gasteiger charge is 2.49. The van der Waals surface area contributed by atoms with Gasteiger partial charge in [0.25, 0.3) is 0 Å². The van der Waals surface area contributed by atoms with Gasteiger partial charge in [0.15, 0.2) is 5.78 Å². The molecular weight excluding hydrogens is 394 g/mol. The van der Waals surface area contributed by atoms with E-state index in [0.717, 1.165) is 61.8 Å². The molecule has 0 saturated heterocycles. The Morgan fingerprint density at radius 3 is 2.78 bits per heavy atom. The van der Waals surface area contributed by atoms with E-state index in [1.54, 1.807) is 6.20 Å². The van der Waals surface area contributed by atoms with Gasteiger partial charge >= 0.3 is 0 Å². The quantitative estimate of drug-likeness (QED) is 0.538. The molecule has 32 heavy (non-hydrogen) atoms. The van der Waals surface area contributed by atoms with Crippen LogP contribution < -0.4 is 0 Å². The van der Waals surface area contributed by atoms with Crippen LogP contribution in [0.2, 0.25) is 0 Å². The molecule has 1 N–H and O–H groups in total. The van der Waals surface area contributed by atoms with E-state index in [9.17, 15) is 9.90 Å². The number of nitrogens with zero attached hydrogens (tertiary/aromatic N) is 1. The molecule has 3 atom stereocenters. The Hall–Kier alpha value is -2.00. The first-order valence-corrected chi connectivity index (χ1v) is 12.6. The van der Waals surface area contributed by atoms with Crippen LogP contribution in [-0.2, 0) is 18.3 Å². The molecule has 0 aliphatic heterocycles. The summed E-state index contributed by atoms with van der Waals surface area (Å²) in [6.45, 7) is 8.72. The van der Waals surface area contributed by atoms with Gasteiger partial charge in [-0.05, 0) is 104 Å². The number of hydrogen-bond donors (Lipinski definition) is 1. The maximum Gasteiger partial charge on any atom is 0.167 e. The van der Waals surface area contributed by atoms with E-state index < -0.39 is 5.60 Å². The van der Waals surface area contributed by atoms with Crippen LogP contribution in [0.5, 0.6) is 0 Å². The van der Waals surface area contributed by atoms with Crippen LogP contribution in [-0.4, -0.2) is 21.5 Å². The molecule has 2 aliphatic carbocycles. The summed E-state index contributed by atoms with van der Waals surface area (Å²) >= 11 is 0. The molecule has 1 fully saturated rings. The summed E-state index contributed by atoms with van der Waals surface area (Å²) in [6.07, 6.45) is 10.4. The highest BCUT2D eigenvalue weighted by molar-refractivity contribution is 5.97. The van der Waals surface area contributed by atoms with Gasteiger partial charge in [-0.1, -0.05) is 39.0 Å². The Morgan fingerprint density at radius 2 is 2.06 bits per heavy atom. The average molecular weight is 434 g/mol. The fraction of sp³-hybridized carbons (Fsp3) is 0.586. The van der Waals surface area contributed by atoms with Crippen molar-refractivity contribution in [3.05, 3.63) is 64.5 Å². The number of aryl methyl sites for hydroxylation is 2. The second kappa shape index (κ2) is 9.09. The summed E-state index contributed by atoms with van der Waals surface area (Å²) in [6, 6.07) is 10.4. The Bertz CT molecular complexity index is 981. The molecule has 0 spiro atoms. The largest absolute Gasteiger partial charge is 0.390 e. The van der Waals surface area contributed by atoms with Crippen molar-refractivity contribution < 1.29 is 9.90 Å². The summed E-state index contributed by atoms with van der Waals surface area (Å²) in [4.78, 5) is 17.4. The average Bonchev–Trinajstić information content (AvgIpc) is 2.90. The Balaban J connectivity index is 1.62. The molecule has 1 aromatic carbocycles. The van der Waals surface area contributed by atoms with E-state index in [-0.39, 0.29) is 11.2 Å². The second-order valence-electron chi connectivity index (χ2n) is 10.8. The topological polar surface area (TPSA) is 50.2 Å². The van der Waals surface area contributed by atoms with Crippen LogP contribution >= 0.6 is 0 Å². The highest BCUT2D eigenvalue weighted by atomic mass is 16.3. The van der Waals surface area contributed by atoms with Crippen LogP contribution in [0.4, 0.5) is 0 Å². The Morgan fingerprint density at radius 1 is 1.25 bits per heavy atom. The molecule has 2 aliphatic rings. The smallest absolute Gasteiger partial charge is 0.167 e. The van der Waals surface area contributed by atoms with E-state index in [1.165, 1.54) is 17.5 Å². The first kappa shape index (κ1) is 23.2. The highest BCUT2D eigenvalue weighted by Crippen LogP contribution is 2.54. The minimum atomic E-state index is -0.514. The standard InChI is InChI=1S/C29H39NO2/c1-5-29-14-13-28(32,18-20(2)3)19-25(29)10-6-8-23-16-24(11-12-26(23)29)27(31)17-22-9-7-15-30-21(22)4/h7,9,11-12,15-16,20,25,32H,5-6,8,10,13-14,17-19H2,1-4H3/t25-,28-,29+/m0/s1. The zero-order valence-electron chi connectivity index (χ0n) is 20.3. The maximum absolute atomic E-state index is 13.1. The molecule has 3 nitrogen and oxygen atoms in total. The number of aromatic nitrogens is 1. The molecule has 1 heterocycles. The van der Waals surface area contributed by atoms with Crippen LogP contribution in [0.25, 0.3) is 0 Å². The lowest BCUT2D eigenvalue weighted by molar-refractivity contribution is -0.0611. The van der Waals surface area contributed by atoms with Gasteiger partial charge in [0.1, 0.15) is 0 Å². The van der Waals surface area contributed by atoms with Crippen molar-refractivity contribution in [1.29, 1.82) is 0 Å². The van der Waals surface area contributed by atoms with E-state index in [4.69, 9.17) is 0 Å². The number of aliphatic hydroxyl groups is 1. The number of ketones is 1. The summed E-state index contributed by atoms with van der Waals surface area (Å²) in [7, 11) is 0. The van der Waals surface area contributed by atoms with Crippen LogP contribution in [0.15, 0.2) is 36.5 Å². The van der Waals surface area contributed by atoms with Gasteiger partial charge in [-0.15, -0.1) is 0 Å². The number of Topliss-reactive ketones (excluding diaryl/α,β-unsaturated/α-hetero) is 1. The van der Waals surface area contributed by atoms with Gasteiger partial charge in [-0.2, -0.15) is 0 Å². The maximum atomic E-state index is 13.1. The number of pyridine rings is 1. The summed E-state index contributed by atoms with van der Waals surface area (Å²) in [5.41, 5.74) is 5.19. The van der Waals surface area contributed by atoms with Crippen molar-refractivity contribution in [1.82, 2.24) is 4.98 Å². The summed E-state index contributed by atoms with van der Waals surface area (Å²) < 4.78 is 0. The zero-order chi connectivity index (χ0) is 22.9. The lowest BCUT2D eigenvalue weighted by Gasteiger charge is -2.50. The molecule has 1 saturated carbocycles. The summed E-state index contributed by atoms with van der Waals surface area (Å²) in [5.74, 6) is 1.21. The van der Waals surface area contributed by atoms with Crippen LogP contribution in [0.1, 0.15) is 98.5 Å². The predicted molar refractivity (Wildman–Crippen MR) is 130 cm³/mol. The molecule has 3 heteroatoms. The van der Waals surface area contributed by atoms with Crippen LogP contribution in [0.3, 0.4) is 0 Å². The number of rotatable bonds is 6. The van der Waals surface area contributed by atoms with Gasteiger partial charge in [0.05, 0.1) is 5.60 Å². The number of carbonyl (C=O) groups excluding carboxylic acids is 1. The fourth-order valence-corrected chi connectivity index (χ4v) is 6.73. The first-order chi connectivity index (χ1) is 15.3. The Kier molecular flexibility index (Phi) is 6.58. The van der Waals surface area contributed by atoms with E-state index in [1.807, 2.05) is 19.1 Å². The monoisotopic (exact) mass is 433 g/mol. The molecule has 172 valence electrons. The van der Waals surface area contributed by atoms with Crippen molar-refractivity contribution in [3.8, 4) is 0 Å². The number of benzene rings is 1. The minimum absolute atomic E-state index is 0.135.